The third kappa shape index (κ3) is 1.38. The highest BCUT2D eigenvalue weighted by Crippen LogP contribution is 2.12. The average Bonchev–Trinajstić information content (AvgIpc) is 1.59. The van der Waals surface area contributed by atoms with Crippen LogP contribution in [0.4, 0.5) is 0 Å². The van der Waals surface area contributed by atoms with Crippen molar-refractivity contribution in [3.63, 3.8) is 0 Å². The maximum atomic E-state index is 10.4. The SMILES string of the molecule is C=C1CC(=O)OC(=O)C1. The first-order chi connectivity index (χ1) is 4.18. The minimum absolute atomic E-state index is 0.186. The van der Waals surface area contributed by atoms with Crippen LogP contribution in [0.15, 0.2) is 12.2 Å². The van der Waals surface area contributed by atoms with Gasteiger partial charge in [-0.3, -0.25) is 9.59 Å². The summed E-state index contributed by atoms with van der Waals surface area (Å²) in [6.45, 7) is 3.49. The van der Waals surface area contributed by atoms with Gasteiger partial charge in [-0.2, -0.15) is 0 Å². The second-order valence-corrected chi connectivity index (χ2v) is 1.95. The molecule has 0 N–H and O–H groups in total. The van der Waals surface area contributed by atoms with Gasteiger partial charge in [0.2, 0.25) is 0 Å². The van der Waals surface area contributed by atoms with Crippen LogP contribution >= 0.6 is 0 Å². The molecule has 1 heterocycles. The number of carbonyl (C=O) groups excluding carboxylic acids is 2. The Hall–Kier alpha value is -1.12. The van der Waals surface area contributed by atoms with Crippen LogP contribution in [0.5, 0.6) is 0 Å². The highest BCUT2D eigenvalue weighted by Gasteiger charge is 2.19. The molecule has 0 radical (unpaired) electrons. The zero-order chi connectivity index (χ0) is 6.85. The molecule has 1 saturated heterocycles. The fourth-order valence-corrected chi connectivity index (χ4v) is 0.670. The van der Waals surface area contributed by atoms with Gasteiger partial charge >= 0.3 is 11.9 Å². The molecule has 1 fully saturated rings. The number of rotatable bonds is 0. The Kier molecular flexibility index (Phi) is 1.34. The van der Waals surface area contributed by atoms with Crippen molar-refractivity contribution in [3.8, 4) is 0 Å². The van der Waals surface area contributed by atoms with Gasteiger partial charge < -0.3 is 4.74 Å². The van der Waals surface area contributed by atoms with Crippen molar-refractivity contribution in [1.82, 2.24) is 0 Å². The Balaban J connectivity index is 2.64. The summed E-state index contributed by atoms with van der Waals surface area (Å²) in [4.78, 5) is 20.8. The first kappa shape index (κ1) is 6.01. The van der Waals surface area contributed by atoms with Crippen molar-refractivity contribution in [2.75, 3.05) is 0 Å². The van der Waals surface area contributed by atoms with Crippen molar-refractivity contribution < 1.29 is 14.3 Å². The van der Waals surface area contributed by atoms with Crippen LogP contribution in [0.1, 0.15) is 12.8 Å². The first-order valence-electron chi connectivity index (χ1n) is 2.58. The molecule has 0 aromatic carbocycles. The van der Waals surface area contributed by atoms with E-state index in [1.165, 1.54) is 0 Å². The lowest BCUT2D eigenvalue weighted by Crippen LogP contribution is -2.19. The van der Waals surface area contributed by atoms with Crippen molar-refractivity contribution in [3.05, 3.63) is 12.2 Å². The number of cyclic esters (lactones) is 2. The summed E-state index contributed by atoms with van der Waals surface area (Å²) in [5.41, 5.74) is 0.635. The van der Waals surface area contributed by atoms with Crippen LogP contribution in [0.25, 0.3) is 0 Å². The molecule has 0 saturated carbocycles. The zero-order valence-corrected chi connectivity index (χ0v) is 4.85. The lowest BCUT2D eigenvalue weighted by Gasteiger charge is -2.09. The molecule has 0 aromatic rings. The van der Waals surface area contributed by atoms with Crippen LogP contribution in [0.3, 0.4) is 0 Å². The summed E-state index contributed by atoms with van der Waals surface area (Å²) in [6.07, 6.45) is 0.372. The number of carbonyl (C=O) groups is 2. The summed E-state index contributed by atoms with van der Waals surface area (Å²) in [6, 6.07) is 0. The Labute approximate surface area is 52.3 Å². The largest absolute Gasteiger partial charge is 0.393 e. The summed E-state index contributed by atoms with van der Waals surface area (Å²) in [5.74, 6) is -0.979. The standard InChI is InChI=1S/C6H6O3/c1-4-2-5(7)9-6(8)3-4/h1-3H2. The fraction of sp³-hybridized carbons (Fsp3) is 0.333. The summed E-state index contributed by atoms with van der Waals surface area (Å²) >= 11 is 0. The first-order valence-corrected chi connectivity index (χ1v) is 2.58. The quantitative estimate of drug-likeness (QED) is 0.268. The van der Waals surface area contributed by atoms with Gasteiger partial charge in [0.15, 0.2) is 0 Å². The second-order valence-electron chi connectivity index (χ2n) is 1.95. The summed E-state index contributed by atoms with van der Waals surface area (Å²) in [7, 11) is 0. The minimum atomic E-state index is -0.490. The molecule has 0 amide bonds. The Morgan fingerprint density at radius 1 is 1.22 bits per heavy atom. The fourth-order valence-electron chi connectivity index (χ4n) is 0.670. The van der Waals surface area contributed by atoms with E-state index in [1.807, 2.05) is 0 Å². The predicted molar refractivity (Wildman–Crippen MR) is 29.5 cm³/mol. The topological polar surface area (TPSA) is 43.4 Å². The smallest absolute Gasteiger partial charge is 0.317 e. The van der Waals surface area contributed by atoms with Crippen LogP contribution < -0.4 is 0 Å². The lowest BCUT2D eigenvalue weighted by atomic mass is 10.1. The van der Waals surface area contributed by atoms with Crippen LogP contribution in [0, 0.1) is 0 Å². The van der Waals surface area contributed by atoms with E-state index in [0.717, 1.165) is 0 Å². The molecule has 1 aliphatic rings. The van der Waals surface area contributed by atoms with E-state index in [-0.39, 0.29) is 12.8 Å². The highest BCUT2D eigenvalue weighted by atomic mass is 16.6. The molecular formula is C6H6O3. The number of hydrogen-bond acceptors (Lipinski definition) is 3. The van der Waals surface area contributed by atoms with Crippen molar-refractivity contribution in [1.29, 1.82) is 0 Å². The number of hydrogen-bond donors (Lipinski definition) is 0. The maximum absolute atomic E-state index is 10.4. The van der Waals surface area contributed by atoms with Gasteiger partial charge in [0.25, 0.3) is 0 Å². The Morgan fingerprint density at radius 3 is 2.00 bits per heavy atom. The Morgan fingerprint density at radius 2 is 1.67 bits per heavy atom. The molecule has 0 unspecified atom stereocenters. The van der Waals surface area contributed by atoms with Gasteiger partial charge in [0.1, 0.15) is 0 Å². The zero-order valence-electron chi connectivity index (χ0n) is 4.85. The molecule has 0 spiro atoms. The number of esters is 2. The minimum Gasteiger partial charge on any atom is -0.393 e. The van der Waals surface area contributed by atoms with Gasteiger partial charge in [-0.15, -0.1) is 0 Å². The van der Waals surface area contributed by atoms with Gasteiger partial charge in [-0.25, -0.2) is 0 Å². The van der Waals surface area contributed by atoms with Gasteiger partial charge in [0.05, 0.1) is 12.8 Å². The molecule has 3 heteroatoms. The summed E-state index contributed by atoms with van der Waals surface area (Å²) in [5, 5.41) is 0. The van der Waals surface area contributed by atoms with Gasteiger partial charge in [-0.05, 0) is 0 Å². The molecule has 0 aromatic heterocycles. The van der Waals surface area contributed by atoms with Crippen molar-refractivity contribution in [2.24, 2.45) is 0 Å². The van der Waals surface area contributed by atoms with Crippen LogP contribution in [0.2, 0.25) is 0 Å². The molecule has 3 nitrogen and oxygen atoms in total. The second kappa shape index (κ2) is 2.01. The van der Waals surface area contributed by atoms with Crippen molar-refractivity contribution >= 4 is 11.9 Å². The van der Waals surface area contributed by atoms with E-state index in [1.54, 1.807) is 0 Å². The van der Waals surface area contributed by atoms with E-state index in [9.17, 15) is 9.59 Å². The van der Waals surface area contributed by atoms with E-state index in [0.29, 0.717) is 5.57 Å². The molecule has 0 atom stereocenters. The molecule has 0 bridgehead atoms. The van der Waals surface area contributed by atoms with E-state index < -0.39 is 11.9 Å². The predicted octanol–water partition coefficient (Wildman–Crippen LogP) is 0.406. The van der Waals surface area contributed by atoms with Gasteiger partial charge in [-0.1, -0.05) is 12.2 Å². The third-order valence-electron chi connectivity index (χ3n) is 1.02. The van der Waals surface area contributed by atoms with Crippen LogP contribution in [-0.2, 0) is 14.3 Å². The van der Waals surface area contributed by atoms with Crippen molar-refractivity contribution in [2.45, 2.75) is 12.8 Å². The molecule has 1 rings (SSSR count). The summed E-state index contributed by atoms with van der Waals surface area (Å²) < 4.78 is 4.22. The lowest BCUT2D eigenvalue weighted by molar-refractivity contribution is -0.160. The Bertz CT molecular complexity index is 135. The monoisotopic (exact) mass is 126 g/mol. The highest BCUT2D eigenvalue weighted by molar-refractivity contribution is 5.91. The molecule has 9 heavy (non-hydrogen) atoms. The molecule has 0 aliphatic carbocycles. The third-order valence-corrected chi connectivity index (χ3v) is 1.02. The average molecular weight is 126 g/mol. The van der Waals surface area contributed by atoms with E-state index >= 15 is 0 Å². The number of ether oxygens (including phenoxy) is 1. The van der Waals surface area contributed by atoms with E-state index in [2.05, 4.69) is 11.3 Å². The maximum Gasteiger partial charge on any atom is 0.317 e. The molecule has 48 valence electrons. The van der Waals surface area contributed by atoms with Gasteiger partial charge in [0, 0.05) is 0 Å². The molecular weight excluding hydrogens is 120 g/mol. The normalized spacial score (nSPS) is 19.8. The van der Waals surface area contributed by atoms with E-state index in [4.69, 9.17) is 0 Å². The molecule has 1 aliphatic heterocycles. The van der Waals surface area contributed by atoms with Crippen LogP contribution in [-0.4, -0.2) is 11.9 Å².